The minimum absolute atomic E-state index is 0.0997. The third-order valence-electron chi connectivity index (χ3n) is 3.71. The summed E-state index contributed by atoms with van der Waals surface area (Å²) in [7, 11) is 1.60. The Morgan fingerprint density at radius 3 is 2.32 bits per heavy atom. The molecule has 1 atom stereocenters. The lowest BCUT2D eigenvalue weighted by molar-refractivity contribution is -0.126. The lowest BCUT2D eigenvalue weighted by Gasteiger charge is -2.12. The van der Waals surface area contributed by atoms with E-state index in [2.05, 4.69) is 10.6 Å². The average molecular weight is 341 g/mol. The lowest BCUT2D eigenvalue weighted by atomic mass is 10.1. The first-order chi connectivity index (χ1) is 12.1. The van der Waals surface area contributed by atoms with Crippen LogP contribution in [0.15, 0.2) is 54.6 Å². The molecule has 0 aliphatic heterocycles. The predicted molar refractivity (Wildman–Crippen MR) is 96.0 cm³/mol. The van der Waals surface area contributed by atoms with Crippen LogP contribution >= 0.6 is 0 Å². The van der Waals surface area contributed by atoms with Crippen molar-refractivity contribution in [3.05, 3.63) is 65.7 Å². The minimum Gasteiger partial charge on any atom is -0.497 e. The highest BCUT2D eigenvalue weighted by atomic mass is 16.5. The maximum Gasteiger partial charge on any atom is 0.239 e. The molecule has 0 fully saturated rings. The van der Waals surface area contributed by atoms with Crippen molar-refractivity contribution in [2.24, 2.45) is 5.73 Å². The zero-order chi connectivity index (χ0) is 18.1. The van der Waals surface area contributed by atoms with Crippen LogP contribution in [0, 0.1) is 0 Å². The molecule has 0 spiro atoms. The molecule has 0 saturated carbocycles. The lowest BCUT2D eigenvalue weighted by Crippen LogP contribution is -2.45. The molecule has 132 valence electrons. The number of methoxy groups -OCH3 is 1. The first-order valence-corrected chi connectivity index (χ1v) is 8.05. The Morgan fingerprint density at radius 2 is 1.68 bits per heavy atom. The van der Waals surface area contributed by atoms with Crippen LogP contribution in [0.4, 0.5) is 0 Å². The number of benzene rings is 2. The number of hydrogen-bond donors (Lipinski definition) is 3. The number of ether oxygens (including phenoxy) is 1. The van der Waals surface area contributed by atoms with Crippen molar-refractivity contribution in [1.82, 2.24) is 10.6 Å². The van der Waals surface area contributed by atoms with Gasteiger partial charge in [0.25, 0.3) is 0 Å². The molecule has 6 nitrogen and oxygen atoms in total. The van der Waals surface area contributed by atoms with Crippen LogP contribution in [0.3, 0.4) is 0 Å². The quantitative estimate of drug-likeness (QED) is 0.668. The Kier molecular flexibility index (Phi) is 6.98. The van der Waals surface area contributed by atoms with Crippen molar-refractivity contribution >= 4 is 11.8 Å². The van der Waals surface area contributed by atoms with Crippen molar-refractivity contribution in [3.63, 3.8) is 0 Å². The second-order valence-electron chi connectivity index (χ2n) is 5.64. The smallest absolute Gasteiger partial charge is 0.239 e. The van der Waals surface area contributed by atoms with E-state index in [1.807, 2.05) is 54.6 Å². The predicted octanol–water partition coefficient (Wildman–Crippen LogP) is 0.998. The summed E-state index contributed by atoms with van der Waals surface area (Å²) in [6, 6.07) is 16.2. The second-order valence-corrected chi connectivity index (χ2v) is 5.64. The van der Waals surface area contributed by atoms with Crippen LogP contribution < -0.4 is 21.1 Å². The maximum absolute atomic E-state index is 12.0. The molecule has 2 amide bonds. The zero-order valence-electron chi connectivity index (χ0n) is 14.2. The van der Waals surface area contributed by atoms with Crippen LogP contribution in [0.2, 0.25) is 0 Å². The van der Waals surface area contributed by atoms with Gasteiger partial charge in [-0.15, -0.1) is 0 Å². The molecule has 25 heavy (non-hydrogen) atoms. The molecule has 2 aromatic carbocycles. The first-order valence-electron chi connectivity index (χ1n) is 8.05. The van der Waals surface area contributed by atoms with E-state index in [4.69, 9.17) is 10.5 Å². The molecule has 0 unspecified atom stereocenters. The van der Waals surface area contributed by atoms with E-state index in [0.29, 0.717) is 13.0 Å². The third kappa shape index (κ3) is 6.27. The highest BCUT2D eigenvalue weighted by Crippen LogP contribution is 2.10. The van der Waals surface area contributed by atoms with Gasteiger partial charge >= 0.3 is 0 Å². The largest absolute Gasteiger partial charge is 0.497 e. The second kappa shape index (κ2) is 9.44. The van der Waals surface area contributed by atoms with Gasteiger partial charge in [0.05, 0.1) is 19.7 Å². The fourth-order valence-electron chi connectivity index (χ4n) is 2.27. The topological polar surface area (TPSA) is 93.5 Å². The van der Waals surface area contributed by atoms with Crippen molar-refractivity contribution < 1.29 is 14.3 Å². The number of amides is 2. The molecule has 0 aromatic heterocycles. The van der Waals surface area contributed by atoms with Crippen LogP contribution in [-0.2, 0) is 22.6 Å². The van der Waals surface area contributed by atoms with Crippen LogP contribution in [0.5, 0.6) is 5.75 Å². The molecular formula is C19H23N3O3. The SMILES string of the molecule is COc1ccc(CNC(=O)CNC(=O)[C@@H](N)Cc2ccccc2)cc1. The van der Waals surface area contributed by atoms with Gasteiger partial charge in [0.1, 0.15) is 5.75 Å². The molecule has 0 bridgehead atoms. The Balaban J connectivity index is 1.70. The van der Waals surface area contributed by atoms with Gasteiger partial charge in [0, 0.05) is 6.54 Å². The summed E-state index contributed by atoms with van der Waals surface area (Å²) >= 11 is 0. The summed E-state index contributed by atoms with van der Waals surface area (Å²) in [4.78, 5) is 23.8. The maximum atomic E-state index is 12.0. The highest BCUT2D eigenvalue weighted by molar-refractivity contribution is 5.87. The summed E-state index contributed by atoms with van der Waals surface area (Å²) in [5, 5.41) is 5.31. The summed E-state index contributed by atoms with van der Waals surface area (Å²) in [5.74, 6) is 0.147. The highest BCUT2D eigenvalue weighted by Gasteiger charge is 2.14. The molecule has 2 rings (SSSR count). The van der Waals surface area contributed by atoms with Gasteiger partial charge in [-0.3, -0.25) is 9.59 Å². The van der Waals surface area contributed by atoms with Crippen LogP contribution in [-0.4, -0.2) is 31.5 Å². The average Bonchev–Trinajstić information content (AvgIpc) is 2.65. The zero-order valence-corrected chi connectivity index (χ0v) is 14.2. The number of nitrogens with one attached hydrogen (secondary N) is 2. The van der Waals surface area contributed by atoms with Gasteiger partial charge in [-0.05, 0) is 29.7 Å². The van der Waals surface area contributed by atoms with E-state index in [9.17, 15) is 9.59 Å². The molecule has 2 aromatic rings. The fourth-order valence-corrected chi connectivity index (χ4v) is 2.27. The van der Waals surface area contributed by atoms with E-state index in [1.165, 1.54) is 0 Å². The first kappa shape index (κ1) is 18.5. The standard InChI is InChI=1S/C19H23N3O3/c1-25-16-9-7-15(8-10-16)12-21-18(23)13-22-19(24)17(20)11-14-5-3-2-4-6-14/h2-10,17H,11-13,20H2,1H3,(H,21,23)(H,22,24)/t17-/m0/s1. The molecule has 0 aliphatic rings. The molecule has 6 heteroatoms. The summed E-state index contributed by atoms with van der Waals surface area (Å²) in [6.07, 6.45) is 0.431. The third-order valence-corrected chi connectivity index (χ3v) is 3.71. The summed E-state index contributed by atoms with van der Waals surface area (Å²) in [5.41, 5.74) is 7.80. The van der Waals surface area contributed by atoms with Crippen molar-refractivity contribution in [3.8, 4) is 5.75 Å². The van der Waals surface area contributed by atoms with E-state index in [0.717, 1.165) is 16.9 Å². The molecule has 0 heterocycles. The number of carbonyl (C=O) groups excluding carboxylic acids is 2. The van der Waals surface area contributed by atoms with Gasteiger partial charge in [-0.25, -0.2) is 0 Å². The van der Waals surface area contributed by atoms with Gasteiger partial charge in [0.15, 0.2) is 0 Å². The molecular weight excluding hydrogens is 318 g/mol. The minimum atomic E-state index is -0.684. The number of hydrogen-bond acceptors (Lipinski definition) is 4. The fraction of sp³-hybridized carbons (Fsp3) is 0.263. The van der Waals surface area contributed by atoms with Crippen molar-refractivity contribution in [2.75, 3.05) is 13.7 Å². The van der Waals surface area contributed by atoms with Crippen LogP contribution in [0.1, 0.15) is 11.1 Å². The van der Waals surface area contributed by atoms with Gasteiger partial charge in [0.2, 0.25) is 11.8 Å². The van der Waals surface area contributed by atoms with Gasteiger partial charge in [-0.2, -0.15) is 0 Å². The van der Waals surface area contributed by atoms with E-state index in [-0.39, 0.29) is 18.4 Å². The monoisotopic (exact) mass is 341 g/mol. The number of nitrogens with two attached hydrogens (primary N) is 1. The number of carbonyl (C=O) groups is 2. The van der Waals surface area contributed by atoms with E-state index in [1.54, 1.807) is 7.11 Å². The Hall–Kier alpha value is -2.86. The number of rotatable bonds is 8. The van der Waals surface area contributed by atoms with E-state index >= 15 is 0 Å². The Bertz CT molecular complexity index is 687. The van der Waals surface area contributed by atoms with Crippen molar-refractivity contribution in [1.29, 1.82) is 0 Å². The molecule has 0 aliphatic carbocycles. The Morgan fingerprint density at radius 1 is 1.00 bits per heavy atom. The van der Waals surface area contributed by atoms with Gasteiger partial charge in [-0.1, -0.05) is 42.5 Å². The normalized spacial score (nSPS) is 11.4. The van der Waals surface area contributed by atoms with Crippen molar-refractivity contribution in [2.45, 2.75) is 19.0 Å². The molecule has 0 saturated heterocycles. The van der Waals surface area contributed by atoms with Crippen LogP contribution in [0.25, 0.3) is 0 Å². The Labute approximate surface area is 147 Å². The van der Waals surface area contributed by atoms with Gasteiger partial charge < -0.3 is 21.1 Å². The molecule has 0 radical (unpaired) electrons. The summed E-state index contributed by atoms with van der Waals surface area (Å²) < 4.78 is 5.08. The summed E-state index contributed by atoms with van der Waals surface area (Å²) in [6.45, 7) is 0.284. The van der Waals surface area contributed by atoms with E-state index < -0.39 is 6.04 Å². The molecule has 4 N–H and O–H groups in total.